The summed E-state index contributed by atoms with van der Waals surface area (Å²) in [5, 5.41) is 12.2. The third kappa shape index (κ3) is 5.43. The summed E-state index contributed by atoms with van der Waals surface area (Å²) in [5.41, 5.74) is 1.50. The first-order chi connectivity index (χ1) is 13.0. The maximum absolute atomic E-state index is 11.7. The lowest BCUT2D eigenvalue weighted by Gasteiger charge is -2.35. The molecule has 0 spiro atoms. The zero-order valence-electron chi connectivity index (χ0n) is 15.9. The number of nitrogens with zero attached hydrogens (tertiary/aromatic N) is 2. The Hall–Kier alpha value is -2.12. The summed E-state index contributed by atoms with van der Waals surface area (Å²) < 4.78 is 5.40. The highest BCUT2D eigenvalue weighted by atomic mass is 16.5. The van der Waals surface area contributed by atoms with Crippen molar-refractivity contribution in [3.8, 4) is 0 Å². The van der Waals surface area contributed by atoms with E-state index >= 15 is 0 Å². The van der Waals surface area contributed by atoms with Gasteiger partial charge in [0.25, 0.3) is 0 Å². The molecule has 7 heteroatoms. The van der Waals surface area contributed by atoms with Gasteiger partial charge in [-0.25, -0.2) is 4.79 Å². The molecule has 0 atom stereocenters. The number of hydrogen-bond acceptors (Lipinski definition) is 5. The van der Waals surface area contributed by atoms with Gasteiger partial charge in [0.1, 0.15) is 0 Å². The molecule has 1 aromatic carbocycles. The van der Waals surface area contributed by atoms with Gasteiger partial charge in [0, 0.05) is 38.8 Å². The lowest BCUT2D eigenvalue weighted by atomic mass is 9.92. The van der Waals surface area contributed by atoms with Crippen LogP contribution in [0.25, 0.3) is 0 Å². The largest absolute Gasteiger partial charge is 0.478 e. The Morgan fingerprint density at radius 1 is 1.19 bits per heavy atom. The predicted molar refractivity (Wildman–Crippen MR) is 105 cm³/mol. The van der Waals surface area contributed by atoms with E-state index in [-0.39, 0.29) is 11.5 Å². The van der Waals surface area contributed by atoms with Crippen molar-refractivity contribution in [3.63, 3.8) is 0 Å². The number of amides is 1. The van der Waals surface area contributed by atoms with Crippen molar-refractivity contribution < 1.29 is 19.4 Å². The van der Waals surface area contributed by atoms with E-state index in [0.717, 1.165) is 64.5 Å². The van der Waals surface area contributed by atoms with E-state index in [0.29, 0.717) is 11.6 Å². The van der Waals surface area contributed by atoms with E-state index in [1.165, 1.54) is 13.3 Å². The van der Waals surface area contributed by atoms with E-state index in [1.54, 1.807) is 12.1 Å². The second kappa shape index (κ2) is 9.19. The second-order valence-corrected chi connectivity index (χ2v) is 7.39. The van der Waals surface area contributed by atoms with Gasteiger partial charge in [0.05, 0.1) is 24.5 Å². The normalized spacial score (nSPS) is 19.1. The molecule has 2 aliphatic heterocycles. The maximum atomic E-state index is 11.7. The molecule has 1 aromatic rings. The minimum Gasteiger partial charge on any atom is -0.478 e. The molecule has 0 saturated carbocycles. The molecule has 0 aromatic heterocycles. The molecule has 27 heavy (non-hydrogen) atoms. The zero-order chi connectivity index (χ0) is 19.2. The highest BCUT2D eigenvalue weighted by Gasteiger charge is 2.24. The molecule has 0 bridgehead atoms. The van der Waals surface area contributed by atoms with Crippen molar-refractivity contribution >= 4 is 23.3 Å². The van der Waals surface area contributed by atoms with Crippen LogP contribution in [0.3, 0.4) is 0 Å². The standard InChI is InChI=1S/C20H29N3O4/c1-15(24)21-17-2-3-19(18(14-17)20(25)26)23-8-5-16(6-9-23)4-7-22-10-12-27-13-11-22/h2-3,14,16H,4-13H2,1H3,(H,21,24)(H,25,26). The van der Waals surface area contributed by atoms with Crippen LogP contribution in [0.2, 0.25) is 0 Å². The number of nitrogens with one attached hydrogen (secondary N) is 1. The number of carbonyl (C=O) groups is 2. The van der Waals surface area contributed by atoms with Crippen molar-refractivity contribution in [2.24, 2.45) is 5.92 Å². The van der Waals surface area contributed by atoms with Gasteiger partial charge < -0.3 is 20.1 Å². The first-order valence-electron chi connectivity index (χ1n) is 9.73. The quantitative estimate of drug-likeness (QED) is 0.794. The van der Waals surface area contributed by atoms with Gasteiger partial charge in [0.2, 0.25) is 5.91 Å². The zero-order valence-corrected chi connectivity index (χ0v) is 15.9. The number of benzene rings is 1. The third-order valence-electron chi connectivity index (χ3n) is 5.46. The average Bonchev–Trinajstić information content (AvgIpc) is 2.67. The number of rotatable bonds is 6. The minimum absolute atomic E-state index is 0.208. The number of aromatic carboxylic acids is 1. The molecule has 2 heterocycles. The van der Waals surface area contributed by atoms with Crippen LogP contribution in [0, 0.1) is 5.92 Å². The number of ether oxygens (including phenoxy) is 1. The minimum atomic E-state index is -0.966. The fraction of sp³-hybridized carbons (Fsp3) is 0.600. The summed E-state index contributed by atoms with van der Waals surface area (Å²) in [6.07, 6.45) is 3.36. The summed E-state index contributed by atoms with van der Waals surface area (Å²) >= 11 is 0. The summed E-state index contributed by atoms with van der Waals surface area (Å²) in [5.74, 6) is -0.483. The molecule has 148 valence electrons. The topological polar surface area (TPSA) is 82.1 Å². The molecule has 7 nitrogen and oxygen atoms in total. The van der Waals surface area contributed by atoms with Crippen molar-refractivity contribution in [3.05, 3.63) is 23.8 Å². The van der Waals surface area contributed by atoms with E-state index in [2.05, 4.69) is 15.1 Å². The number of carbonyl (C=O) groups excluding carboxylic acids is 1. The van der Waals surface area contributed by atoms with Crippen LogP contribution in [0.15, 0.2) is 18.2 Å². The molecule has 0 unspecified atom stereocenters. The van der Waals surface area contributed by atoms with Gasteiger partial charge in [0.15, 0.2) is 0 Å². The van der Waals surface area contributed by atoms with Gasteiger partial charge >= 0.3 is 5.97 Å². The van der Waals surface area contributed by atoms with Crippen LogP contribution in [0.1, 0.15) is 36.5 Å². The summed E-state index contributed by atoms with van der Waals surface area (Å²) in [7, 11) is 0. The molecule has 0 radical (unpaired) electrons. The Balaban J connectivity index is 1.56. The highest BCUT2D eigenvalue weighted by Crippen LogP contribution is 2.30. The first-order valence-corrected chi connectivity index (χ1v) is 9.73. The Kier molecular flexibility index (Phi) is 6.68. The third-order valence-corrected chi connectivity index (χ3v) is 5.46. The SMILES string of the molecule is CC(=O)Nc1ccc(N2CCC(CCN3CCOCC3)CC2)c(C(=O)O)c1. The molecular formula is C20H29N3O4. The number of carboxylic acid groups (broad SMARTS) is 1. The van der Waals surface area contributed by atoms with Gasteiger partial charge in [-0.05, 0) is 49.9 Å². The summed E-state index contributed by atoms with van der Waals surface area (Å²) in [6.45, 7) is 8.01. The van der Waals surface area contributed by atoms with E-state index < -0.39 is 5.97 Å². The lowest BCUT2D eigenvalue weighted by Crippen LogP contribution is -2.39. The Bertz CT molecular complexity index is 665. The Morgan fingerprint density at radius 3 is 2.52 bits per heavy atom. The summed E-state index contributed by atoms with van der Waals surface area (Å²) in [6, 6.07) is 5.13. The molecular weight excluding hydrogens is 346 g/mol. The van der Waals surface area contributed by atoms with E-state index in [1.807, 2.05) is 6.07 Å². The molecule has 2 N–H and O–H groups in total. The van der Waals surface area contributed by atoms with Crippen molar-refractivity contribution in [1.29, 1.82) is 0 Å². The smallest absolute Gasteiger partial charge is 0.337 e. The molecule has 3 rings (SSSR count). The molecule has 2 fully saturated rings. The van der Waals surface area contributed by atoms with Gasteiger partial charge in [-0.15, -0.1) is 0 Å². The monoisotopic (exact) mass is 375 g/mol. The maximum Gasteiger partial charge on any atom is 0.337 e. The number of carboxylic acids is 1. The first kappa shape index (κ1) is 19.6. The van der Waals surface area contributed by atoms with Crippen LogP contribution in [-0.2, 0) is 9.53 Å². The second-order valence-electron chi connectivity index (χ2n) is 7.39. The molecule has 1 amide bonds. The highest BCUT2D eigenvalue weighted by molar-refractivity contribution is 5.97. The molecule has 0 aliphatic carbocycles. The number of piperidine rings is 1. The van der Waals surface area contributed by atoms with Crippen molar-refractivity contribution in [1.82, 2.24) is 4.90 Å². The van der Waals surface area contributed by atoms with Gasteiger partial charge in [-0.2, -0.15) is 0 Å². The Morgan fingerprint density at radius 2 is 1.89 bits per heavy atom. The van der Waals surface area contributed by atoms with E-state index in [4.69, 9.17) is 4.74 Å². The lowest BCUT2D eigenvalue weighted by molar-refractivity contribution is -0.114. The number of anilines is 2. The number of morpholine rings is 1. The Labute approximate surface area is 160 Å². The van der Waals surface area contributed by atoms with Gasteiger partial charge in [-0.3, -0.25) is 9.69 Å². The van der Waals surface area contributed by atoms with Crippen LogP contribution in [0.4, 0.5) is 11.4 Å². The number of hydrogen-bond donors (Lipinski definition) is 2. The molecule has 2 aliphatic rings. The summed E-state index contributed by atoms with van der Waals surface area (Å²) in [4.78, 5) is 27.5. The van der Waals surface area contributed by atoms with Crippen LogP contribution < -0.4 is 10.2 Å². The fourth-order valence-corrected chi connectivity index (χ4v) is 3.92. The van der Waals surface area contributed by atoms with Crippen molar-refractivity contribution in [2.45, 2.75) is 26.2 Å². The van der Waals surface area contributed by atoms with Gasteiger partial charge in [-0.1, -0.05) is 0 Å². The average molecular weight is 375 g/mol. The van der Waals surface area contributed by atoms with E-state index in [9.17, 15) is 14.7 Å². The fourth-order valence-electron chi connectivity index (χ4n) is 3.92. The predicted octanol–water partition coefficient (Wildman–Crippen LogP) is 2.28. The molecule has 2 saturated heterocycles. The van der Waals surface area contributed by atoms with Crippen molar-refractivity contribution in [2.75, 3.05) is 56.2 Å². The van der Waals surface area contributed by atoms with Crippen LogP contribution in [-0.4, -0.2) is 67.8 Å². The van der Waals surface area contributed by atoms with Crippen LogP contribution >= 0.6 is 0 Å². The van der Waals surface area contributed by atoms with Crippen LogP contribution in [0.5, 0.6) is 0 Å².